The highest BCUT2D eigenvalue weighted by molar-refractivity contribution is 6.01. The van der Waals surface area contributed by atoms with Crippen LogP contribution in [0.2, 0.25) is 0 Å². The lowest BCUT2D eigenvalue weighted by molar-refractivity contribution is -0.123. The zero-order chi connectivity index (χ0) is 15.9. The second kappa shape index (κ2) is 7.78. The Hall–Kier alpha value is -2.10. The highest BCUT2D eigenvalue weighted by Gasteiger charge is 2.24. The lowest BCUT2D eigenvalue weighted by atomic mass is 9.86. The number of carbonyl (C=O) groups excluding carboxylic acids is 2. The molecule has 0 aromatic heterocycles. The van der Waals surface area contributed by atoms with E-state index in [-0.39, 0.29) is 17.9 Å². The van der Waals surface area contributed by atoms with Gasteiger partial charge in [-0.3, -0.25) is 9.59 Å². The van der Waals surface area contributed by atoms with E-state index in [1.54, 1.807) is 6.08 Å². The van der Waals surface area contributed by atoms with Gasteiger partial charge in [0.05, 0.1) is 0 Å². The molecule has 1 fully saturated rings. The molecule has 0 radical (unpaired) electrons. The van der Waals surface area contributed by atoms with Gasteiger partial charge in [-0.25, -0.2) is 0 Å². The van der Waals surface area contributed by atoms with Crippen molar-refractivity contribution >= 4 is 17.9 Å². The minimum absolute atomic E-state index is 0.189. The highest BCUT2D eigenvalue weighted by atomic mass is 16.2. The van der Waals surface area contributed by atoms with E-state index in [1.807, 2.05) is 30.3 Å². The van der Waals surface area contributed by atoms with E-state index >= 15 is 0 Å². The Morgan fingerprint density at radius 1 is 1.14 bits per heavy atom. The Morgan fingerprint density at radius 2 is 1.82 bits per heavy atom. The molecule has 118 valence electrons. The van der Waals surface area contributed by atoms with Gasteiger partial charge >= 0.3 is 0 Å². The minimum Gasteiger partial charge on any atom is -0.348 e. The number of carbonyl (C=O) groups is 2. The average Bonchev–Trinajstić information content (AvgIpc) is 2.49. The topological polar surface area (TPSA) is 58.2 Å². The van der Waals surface area contributed by atoms with E-state index < -0.39 is 0 Å². The molecule has 2 N–H and O–H groups in total. The summed E-state index contributed by atoms with van der Waals surface area (Å²) in [6.07, 6.45) is 6.23. The summed E-state index contributed by atoms with van der Waals surface area (Å²) in [5.41, 5.74) is 1.19. The normalized spacial score (nSPS) is 22.0. The van der Waals surface area contributed by atoms with Crippen molar-refractivity contribution in [3.8, 4) is 0 Å². The molecule has 0 unspecified atom stereocenters. The van der Waals surface area contributed by atoms with Gasteiger partial charge < -0.3 is 10.6 Å². The van der Waals surface area contributed by atoms with Crippen LogP contribution >= 0.6 is 0 Å². The van der Waals surface area contributed by atoms with Crippen molar-refractivity contribution in [3.05, 3.63) is 41.6 Å². The molecule has 2 amide bonds. The molecular formula is C18H24N2O2. The summed E-state index contributed by atoms with van der Waals surface area (Å²) < 4.78 is 0. The summed E-state index contributed by atoms with van der Waals surface area (Å²) in [5.74, 6) is 0.0276. The first kappa shape index (κ1) is 16.3. The molecule has 0 heterocycles. The van der Waals surface area contributed by atoms with Crippen LogP contribution in [0.5, 0.6) is 0 Å². The molecule has 1 aromatic carbocycles. The largest absolute Gasteiger partial charge is 0.348 e. The molecule has 1 aliphatic carbocycles. The van der Waals surface area contributed by atoms with Crippen molar-refractivity contribution in [2.24, 2.45) is 5.92 Å². The van der Waals surface area contributed by atoms with Crippen LogP contribution in [0, 0.1) is 5.92 Å². The Bertz CT molecular complexity index is 551. The van der Waals surface area contributed by atoms with Crippen LogP contribution in [0.15, 0.2) is 36.0 Å². The molecule has 1 aliphatic rings. The summed E-state index contributed by atoms with van der Waals surface area (Å²) in [4.78, 5) is 23.9. The molecule has 0 aliphatic heterocycles. The molecule has 4 nitrogen and oxygen atoms in total. The highest BCUT2D eigenvalue weighted by Crippen LogP contribution is 2.23. The van der Waals surface area contributed by atoms with Gasteiger partial charge in [0, 0.05) is 13.0 Å². The summed E-state index contributed by atoms with van der Waals surface area (Å²) in [5, 5.41) is 5.72. The molecule has 4 heteroatoms. The van der Waals surface area contributed by atoms with Crippen molar-refractivity contribution in [1.29, 1.82) is 0 Å². The fraction of sp³-hybridized carbons (Fsp3) is 0.444. The fourth-order valence-corrected chi connectivity index (χ4v) is 2.84. The Labute approximate surface area is 132 Å². The maximum Gasteiger partial charge on any atom is 0.268 e. The van der Waals surface area contributed by atoms with Crippen LogP contribution in [0.25, 0.3) is 6.08 Å². The fourth-order valence-electron chi connectivity index (χ4n) is 2.84. The predicted octanol–water partition coefficient (Wildman–Crippen LogP) is 2.86. The van der Waals surface area contributed by atoms with Gasteiger partial charge in [-0.05, 0) is 30.4 Å². The molecular weight excluding hydrogens is 276 g/mol. The number of hydrogen-bond donors (Lipinski definition) is 2. The van der Waals surface area contributed by atoms with Crippen LogP contribution in [0.4, 0.5) is 0 Å². The first-order valence-corrected chi connectivity index (χ1v) is 7.91. The van der Waals surface area contributed by atoms with Crippen molar-refractivity contribution in [2.45, 2.75) is 45.6 Å². The molecule has 22 heavy (non-hydrogen) atoms. The van der Waals surface area contributed by atoms with Crippen LogP contribution < -0.4 is 10.6 Å². The monoisotopic (exact) mass is 300 g/mol. The lowest BCUT2D eigenvalue weighted by Crippen LogP contribution is -2.44. The molecule has 0 bridgehead atoms. The van der Waals surface area contributed by atoms with E-state index in [2.05, 4.69) is 17.6 Å². The van der Waals surface area contributed by atoms with Crippen LogP contribution in [0.3, 0.4) is 0 Å². The zero-order valence-electron chi connectivity index (χ0n) is 13.3. The van der Waals surface area contributed by atoms with E-state index in [9.17, 15) is 9.59 Å². The van der Waals surface area contributed by atoms with Crippen molar-refractivity contribution in [3.63, 3.8) is 0 Å². The maximum absolute atomic E-state index is 12.5. The van der Waals surface area contributed by atoms with Crippen LogP contribution in [0.1, 0.15) is 45.1 Å². The number of benzene rings is 1. The van der Waals surface area contributed by atoms with E-state index in [0.717, 1.165) is 24.8 Å². The van der Waals surface area contributed by atoms with Crippen LogP contribution in [-0.4, -0.2) is 17.9 Å². The molecule has 0 spiro atoms. The van der Waals surface area contributed by atoms with E-state index in [4.69, 9.17) is 0 Å². The second-order valence-corrected chi connectivity index (χ2v) is 5.99. The van der Waals surface area contributed by atoms with Gasteiger partial charge in [-0.1, -0.05) is 50.1 Å². The third kappa shape index (κ3) is 4.72. The first-order chi connectivity index (χ1) is 10.6. The summed E-state index contributed by atoms with van der Waals surface area (Å²) in [6.45, 7) is 3.58. The number of rotatable bonds is 4. The Kier molecular flexibility index (Phi) is 5.75. The van der Waals surface area contributed by atoms with Crippen molar-refractivity contribution < 1.29 is 9.59 Å². The Morgan fingerprint density at radius 3 is 2.45 bits per heavy atom. The molecule has 1 aromatic rings. The number of hydrogen-bond acceptors (Lipinski definition) is 2. The minimum atomic E-state index is -0.242. The quantitative estimate of drug-likeness (QED) is 0.840. The van der Waals surface area contributed by atoms with Crippen molar-refractivity contribution in [2.75, 3.05) is 0 Å². The predicted molar refractivity (Wildman–Crippen MR) is 87.8 cm³/mol. The zero-order valence-corrected chi connectivity index (χ0v) is 13.3. The lowest BCUT2D eigenvalue weighted by Gasteiger charge is -2.29. The molecule has 2 atom stereocenters. The van der Waals surface area contributed by atoms with Gasteiger partial charge in [0.15, 0.2) is 0 Å². The summed E-state index contributed by atoms with van der Waals surface area (Å²) in [6, 6.07) is 9.71. The van der Waals surface area contributed by atoms with Crippen molar-refractivity contribution in [1.82, 2.24) is 10.6 Å². The van der Waals surface area contributed by atoms with Crippen LogP contribution in [-0.2, 0) is 9.59 Å². The molecule has 0 saturated heterocycles. The van der Waals surface area contributed by atoms with Gasteiger partial charge in [0.25, 0.3) is 5.91 Å². The number of amides is 2. The van der Waals surface area contributed by atoms with Gasteiger partial charge in [-0.15, -0.1) is 0 Å². The first-order valence-electron chi connectivity index (χ1n) is 7.91. The standard InChI is InChI=1S/C18H24N2O2/c1-13-8-6-7-11-16(13)20-18(22)17(19-14(2)21)12-15-9-4-3-5-10-15/h3-5,9-10,12-13,16H,6-8,11H2,1-2H3,(H,19,21)(H,20,22)/b17-12-/t13-,16+/m0/s1. The molecule has 1 saturated carbocycles. The molecule has 2 rings (SSSR count). The number of nitrogens with one attached hydrogen (secondary N) is 2. The average molecular weight is 300 g/mol. The van der Waals surface area contributed by atoms with E-state index in [0.29, 0.717) is 11.6 Å². The van der Waals surface area contributed by atoms with E-state index in [1.165, 1.54) is 13.3 Å². The second-order valence-electron chi connectivity index (χ2n) is 5.99. The van der Waals surface area contributed by atoms with Gasteiger partial charge in [0.1, 0.15) is 5.70 Å². The SMILES string of the molecule is CC(=O)N/C(=C\c1ccccc1)C(=O)N[C@@H]1CCCC[C@@H]1C. The van der Waals surface area contributed by atoms with Gasteiger partial charge in [0.2, 0.25) is 5.91 Å². The third-order valence-corrected chi connectivity index (χ3v) is 4.09. The maximum atomic E-state index is 12.5. The third-order valence-electron chi connectivity index (χ3n) is 4.09. The Balaban J connectivity index is 2.12. The smallest absolute Gasteiger partial charge is 0.268 e. The van der Waals surface area contributed by atoms with Gasteiger partial charge in [-0.2, -0.15) is 0 Å². The summed E-state index contributed by atoms with van der Waals surface area (Å²) in [7, 11) is 0. The summed E-state index contributed by atoms with van der Waals surface area (Å²) >= 11 is 0.